The Hall–Kier alpha value is -1.48. The summed E-state index contributed by atoms with van der Waals surface area (Å²) in [6, 6.07) is 7.77. The van der Waals surface area contributed by atoms with Gasteiger partial charge in [0.15, 0.2) is 5.75 Å². The van der Waals surface area contributed by atoms with Crippen molar-refractivity contribution in [1.82, 2.24) is 5.23 Å². The standard InChI is InChI=1S/C9H9NO2/c1-11-10-7-6-8-4-2-3-5-9(8)12-10/h2-7H,1H3. The van der Waals surface area contributed by atoms with E-state index in [1.807, 2.05) is 30.3 Å². The molecule has 62 valence electrons. The Labute approximate surface area is 70.7 Å². The summed E-state index contributed by atoms with van der Waals surface area (Å²) in [7, 11) is 1.55. The van der Waals surface area contributed by atoms with Crippen molar-refractivity contribution in [2.75, 3.05) is 7.11 Å². The van der Waals surface area contributed by atoms with Crippen molar-refractivity contribution in [3.05, 3.63) is 36.0 Å². The van der Waals surface area contributed by atoms with Crippen LogP contribution in [0.5, 0.6) is 5.75 Å². The minimum absolute atomic E-state index is 0.807. The van der Waals surface area contributed by atoms with E-state index in [4.69, 9.17) is 9.68 Å². The lowest BCUT2D eigenvalue weighted by Crippen LogP contribution is -2.22. The van der Waals surface area contributed by atoms with E-state index in [9.17, 15) is 0 Å². The first-order valence-electron chi connectivity index (χ1n) is 3.69. The maximum absolute atomic E-state index is 5.31. The first-order chi connectivity index (χ1) is 5.90. The van der Waals surface area contributed by atoms with Gasteiger partial charge in [0.2, 0.25) is 0 Å². The summed E-state index contributed by atoms with van der Waals surface area (Å²) in [6.45, 7) is 0. The second-order valence-corrected chi connectivity index (χ2v) is 2.41. The van der Waals surface area contributed by atoms with Crippen molar-refractivity contribution in [1.29, 1.82) is 0 Å². The van der Waals surface area contributed by atoms with Gasteiger partial charge < -0.3 is 4.84 Å². The summed E-state index contributed by atoms with van der Waals surface area (Å²) in [4.78, 5) is 10.2. The maximum atomic E-state index is 5.31. The van der Waals surface area contributed by atoms with E-state index in [-0.39, 0.29) is 0 Å². The lowest BCUT2D eigenvalue weighted by molar-refractivity contribution is -0.265. The summed E-state index contributed by atoms with van der Waals surface area (Å²) >= 11 is 0. The van der Waals surface area contributed by atoms with Crippen LogP contribution in [0.2, 0.25) is 0 Å². The fourth-order valence-corrected chi connectivity index (χ4v) is 1.07. The SMILES string of the molecule is CON1C=Cc2ccccc2O1. The molecule has 0 unspecified atom stereocenters. The van der Waals surface area contributed by atoms with Crippen LogP contribution in [0.1, 0.15) is 5.56 Å². The van der Waals surface area contributed by atoms with E-state index >= 15 is 0 Å². The van der Waals surface area contributed by atoms with E-state index in [1.165, 1.54) is 5.23 Å². The highest BCUT2D eigenvalue weighted by Gasteiger charge is 2.09. The molecule has 2 rings (SSSR count). The van der Waals surface area contributed by atoms with Gasteiger partial charge in [0.05, 0.1) is 13.3 Å². The predicted molar refractivity (Wildman–Crippen MR) is 45.0 cm³/mol. The molecule has 0 spiro atoms. The number of nitrogens with zero attached hydrogens (tertiary/aromatic N) is 1. The van der Waals surface area contributed by atoms with Gasteiger partial charge in [-0.2, -0.15) is 0 Å². The molecule has 1 aromatic carbocycles. The zero-order valence-corrected chi connectivity index (χ0v) is 6.73. The largest absolute Gasteiger partial charge is 0.354 e. The van der Waals surface area contributed by atoms with Gasteiger partial charge >= 0.3 is 0 Å². The number of hydroxylamine groups is 2. The topological polar surface area (TPSA) is 21.7 Å². The quantitative estimate of drug-likeness (QED) is 0.630. The van der Waals surface area contributed by atoms with Gasteiger partial charge in [-0.15, -0.1) is 0 Å². The van der Waals surface area contributed by atoms with Crippen LogP contribution in [0.25, 0.3) is 6.08 Å². The first kappa shape index (κ1) is 7.18. The van der Waals surface area contributed by atoms with Gasteiger partial charge in [0, 0.05) is 5.56 Å². The van der Waals surface area contributed by atoms with Gasteiger partial charge in [0.25, 0.3) is 0 Å². The number of benzene rings is 1. The Morgan fingerprint density at radius 3 is 3.00 bits per heavy atom. The van der Waals surface area contributed by atoms with Gasteiger partial charge in [0.1, 0.15) is 0 Å². The van der Waals surface area contributed by atoms with Crippen molar-refractivity contribution in [3.63, 3.8) is 0 Å². The average Bonchev–Trinajstić information content (AvgIpc) is 2.17. The Morgan fingerprint density at radius 2 is 2.17 bits per heavy atom. The van der Waals surface area contributed by atoms with Gasteiger partial charge in [-0.25, -0.2) is 4.84 Å². The minimum atomic E-state index is 0.807. The van der Waals surface area contributed by atoms with E-state index in [0.717, 1.165) is 11.3 Å². The van der Waals surface area contributed by atoms with Crippen LogP contribution in [-0.2, 0) is 4.84 Å². The second kappa shape index (κ2) is 2.87. The predicted octanol–water partition coefficient (Wildman–Crippen LogP) is 1.83. The lowest BCUT2D eigenvalue weighted by Gasteiger charge is -2.21. The Morgan fingerprint density at radius 1 is 1.33 bits per heavy atom. The molecule has 3 heteroatoms. The van der Waals surface area contributed by atoms with Crippen LogP contribution in [0, 0.1) is 0 Å². The summed E-state index contributed by atoms with van der Waals surface area (Å²) in [5.41, 5.74) is 1.06. The molecule has 0 saturated heterocycles. The van der Waals surface area contributed by atoms with Gasteiger partial charge in [-0.1, -0.05) is 23.4 Å². The number of hydrogen-bond donors (Lipinski definition) is 0. The van der Waals surface area contributed by atoms with Crippen molar-refractivity contribution in [3.8, 4) is 5.75 Å². The van der Waals surface area contributed by atoms with E-state index in [2.05, 4.69) is 0 Å². The molecule has 12 heavy (non-hydrogen) atoms. The molecule has 0 amide bonds. The Kier molecular flexibility index (Phi) is 1.72. The molecule has 0 radical (unpaired) electrons. The number of para-hydroxylation sites is 1. The van der Waals surface area contributed by atoms with E-state index in [0.29, 0.717) is 0 Å². The third kappa shape index (κ3) is 1.14. The normalized spacial score (nSPS) is 13.9. The molecule has 0 saturated carbocycles. The van der Waals surface area contributed by atoms with Crippen LogP contribution in [0.3, 0.4) is 0 Å². The molecular weight excluding hydrogens is 154 g/mol. The van der Waals surface area contributed by atoms with Crippen molar-refractivity contribution < 1.29 is 9.68 Å². The maximum Gasteiger partial charge on any atom is 0.165 e. The number of hydrogen-bond acceptors (Lipinski definition) is 3. The Bertz CT molecular complexity index is 309. The summed E-state index contributed by atoms with van der Waals surface area (Å²) in [5.74, 6) is 0.807. The molecule has 0 atom stereocenters. The molecule has 1 aliphatic rings. The average molecular weight is 163 g/mol. The molecule has 1 heterocycles. The molecule has 0 N–H and O–H groups in total. The fraction of sp³-hybridized carbons (Fsp3) is 0.111. The van der Waals surface area contributed by atoms with Crippen LogP contribution in [0.4, 0.5) is 0 Å². The van der Waals surface area contributed by atoms with E-state index in [1.54, 1.807) is 13.3 Å². The zero-order valence-electron chi connectivity index (χ0n) is 6.73. The zero-order chi connectivity index (χ0) is 8.39. The van der Waals surface area contributed by atoms with Crippen LogP contribution >= 0.6 is 0 Å². The minimum Gasteiger partial charge on any atom is -0.354 e. The highest BCUT2D eigenvalue weighted by molar-refractivity contribution is 5.57. The molecule has 0 aromatic heterocycles. The van der Waals surface area contributed by atoms with Crippen molar-refractivity contribution in [2.24, 2.45) is 0 Å². The lowest BCUT2D eigenvalue weighted by atomic mass is 10.2. The fourth-order valence-electron chi connectivity index (χ4n) is 1.07. The second-order valence-electron chi connectivity index (χ2n) is 2.41. The first-order valence-corrected chi connectivity index (χ1v) is 3.69. The third-order valence-corrected chi connectivity index (χ3v) is 1.66. The molecule has 1 aliphatic heterocycles. The highest BCUT2D eigenvalue weighted by Crippen LogP contribution is 2.24. The summed E-state index contributed by atoms with van der Waals surface area (Å²) in [6.07, 6.45) is 3.66. The van der Waals surface area contributed by atoms with Crippen LogP contribution < -0.4 is 4.84 Å². The number of rotatable bonds is 1. The molecule has 1 aromatic rings. The van der Waals surface area contributed by atoms with Crippen LogP contribution in [0.15, 0.2) is 30.5 Å². The van der Waals surface area contributed by atoms with Crippen molar-refractivity contribution in [2.45, 2.75) is 0 Å². The Balaban J connectivity index is 2.33. The summed E-state index contributed by atoms with van der Waals surface area (Å²) < 4.78 is 0. The summed E-state index contributed by atoms with van der Waals surface area (Å²) in [5, 5.41) is 1.31. The van der Waals surface area contributed by atoms with Crippen molar-refractivity contribution >= 4 is 6.08 Å². The van der Waals surface area contributed by atoms with Gasteiger partial charge in [-0.05, 0) is 12.1 Å². The highest BCUT2D eigenvalue weighted by atomic mass is 16.9. The molecule has 0 aliphatic carbocycles. The molecule has 3 nitrogen and oxygen atoms in total. The molecular formula is C9H9NO2. The monoisotopic (exact) mass is 163 g/mol. The van der Waals surface area contributed by atoms with Crippen LogP contribution in [-0.4, -0.2) is 12.3 Å². The molecule has 0 bridgehead atoms. The van der Waals surface area contributed by atoms with E-state index < -0.39 is 0 Å². The van der Waals surface area contributed by atoms with Gasteiger partial charge in [-0.3, -0.25) is 0 Å². The smallest absolute Gasteiger partial charge is 0.165 e. The third-order valence-electron chi connectivity index (χ3n) is 1.66. The molecule has 0 fully saturated rings. The number of fused-ring (bicyclic) bond motifs is 1.